The van der Waals surface area contributed by atoms with Gasteiger partial charge in [-0.05, 0) is 12.1 Å². The molecular formula is C16H23N5O3. The quantitative estimate of drug-likeness (QED) is 0.858. The average Bonchev–Trinajstić information content (AvgIpc) is 2.63. The van der Waals surface area contributed by atoms with Gasteiger partial charge in [0.05, 0.1) is 25.1 Å². The van der Waals surface area contributed by atoms with Crippen LogP contribution in [0, 0.1) is 0 Å². The molecule has 3 rings (SSSR count). The highest BCUT2D eigenvalue weighted by atomic mass is 16.5. The molecule has 2 aliphatic rings. The van der Waals surface area contributed by atoms with Gasteiger partial charge in [-0.3, -0.25) is 4.79 Å². The Hall–Kier alpha value is -2.35. The highest BCUT2D eigenvalue weighted by Crippen LogP contribution is 2.16. The van der Waals surface area contributed by atoms with Gasteiger partial charge in [-0.1, -0.05) is 0 Å². The van der Waals surface area contributed by atoms with Crippen molar-refractivity contribution in [2.75, 3.05) is 62.7 Å². The lowest BCUT2D eigenvalue weighted by molar-refractivity contribution is -0.130. The number of pyridine rings is 1. The Labute approximate surface area is 141 Å². The van der Waals surface area contributed by atoms with Gasteiger partial charge in [0.25, 0.3) is 0 Å². The summed E-state index contributed by atoms with van der Waals surface area (Å²) >= 11 is 0. The normalized spacial score (nSPS) is 18.5. The minimum Gasteiger partial charge on any atom is -0.378 e. The van der Waals surface area contributed by atoms with E-state index >= 15 is 0 Å². The second kappa shape index (κ2) is 7.48. The first kappa shape index (κ1) is 16.5. The van der Waals surface area contributed by atoms with Crippen molar-refractivity contribution in [3.63, 3.8) is 0 Å². The third kappa shape index (κ3) is 3.94. The summed E-state index contributed by atoms with van der Waals surface area (Å²) in [5.74, 6) is 0.948. The first-order chi connectivity index (χ1) is 11.6. The number of hydrogen-bond donors (Lipinski definition) is 1. The van der Waals surface area contributed by atoms with Crippen LogP contribution in [0.5, 0.6) is 0 Å². The SMILES string of the molecule is CC(=O)N1CCN(C(=O)Nc2ccc(N3CCOCC3)nc2)CC1. The van der Waals surface area contributed by atoms with E-state index in [-0.39, 0.29) is 11.9 Å². The fourth-order valence-electron chi connectivity index (χ4n) is 2.87. The molecule has 0 atom stereocenters. The standard InChI is InChI=1S/C16H23N5O3/c1-13(22)19-4-6-21(7-5-19)16(23)18-14-2-3-15(17-12-14)20-8-10-24-11-9-20/h2-3,12H,4-11H2,1H3,(H,18,23). The van der Waals surface area contributed by atoms with Crippen LogP contribution in [-0.4, -0.2) is 79.2 Å². The number of nitrogens with one attached hydrogen (secondary N) is 1. The van der Waals surface area contributed by atoms with Gasteiger partial charge >= 0.3 is 6.03 Å². The van der Waals surface area contributed by atoms with E-state index in [1.54, 1.807) is 22.9 Å². The molecule has 0 saturated carbocycles. The lowest BCUT2D eigenvalue weighted by Gasteiger charge is -2.34. The summed E-state index contributed by atoms with van der Waals surface area (Å²) in [6.07, 6.45) is 1.68. The molecule has 0 spiro atoms. The van der Waals surface area contributed by atoms with Crippen molar-refractivity contribution >= 4 is 23.4 Å². The van der Waals surface area contributed by atoms with Crippen molar-refractivity contribution in [3.05, 3.63) is 18.3 Å². The van der Waals surface area contributed by atoms with Gasteiger partial charge in [0.2, 0.25) is 5.91 Å². The molecule has 3 heterocycles. The first-order valence-electron chi connectivity index (χ1n) is 8.23. The zero-order valence-electron chi connectivity index (χ0n) is 13.9. The van der Waals surface area contributed by atoms with Crippen molar-refractivity contribution in [3.8, 4) is 0 Å². The van der Waals surface area contributed by atoms with Gasteiger partial charge in [0, 0.05) is 46.2 Å². The van der Waals surface area contributed by atoms with E-state index in [0.29, 0.717) is 45.1 Å². The Bertz CT molecular complexity index is 578. The summed E-state index contributed by atoms with van der Waals surface area (Å²) in [6, 6.07) is 3.62. The molecule has 8 heteroatoms. The number of urea groups is 1. The maximum absolute atomic E-state index is 12.3. The van der Waals surface area contributed by atoms with Crippen LogP contribution in [0.4, 0.5) is 16.3 Å². The Morgan fingerprint density at radius 2 is 1.71 bits per heavy atom. The van der Waals surface area contributed by atoms with E-state index < -0.39 is 0 Å². The van der Waals surface area contributed by atoms with Crippen molar-refractivity contribution in [2.45, 2.75) is 6.92 Å². The molecule has 0 radical (unpaired) electrons. The average molecular weight is 333 g/mol. The number of piperazine rings is 1. The van der Waals surface area contributed by atoms with Crippen molar-refractivity contribution in [2.24, 2.45) is 0 Å². The number of nitrogens with zero attached hydrogens (tertiary/aromatic N) is 4. The van der Waals surface area contributed by atoms with Gasteiger partial charge in [0.1, 0.15) is 5.82 Å². The van der Waals surface area contributed by atoms with Crippen molar-refractivity contribution < 1.29 is 14.3 Å². The van der Waals surface area contributed by atoms with Crippen LogP contribution in [0.1, 0.15) is 6.92 Å². The lowest BCUT2D eigenvalue weighted by Crippen LogP contribution is -2.51. The van der Waals surface area contributed by atoms with E-state index in [1.165, 1.54) is 0 Å². The Morgan fingerprint density at radius 1 is 1.04 bits per heavy atom. The highest BCUT2D eigenvalue weighted by Gasteiger charge is 2.22. The summed E-state index contributed by atoms with van der Waals surface area (Å²) in [5.41, 5.74) is 0.672. The number of carbonyl (C=O) groups excluding carboxylic acids is 2. The smallest absolute Gasteiger partial charge is 0.322 e. The maximum Gasteiger partial charge on any atom is 0.322 e. The summed E-state index contributed by atoms with van der Waals surface area (Å²) in [4.78, 5) is 33.7. The third-order valence-corrected chi connectivity index (χ3v) is 4.35. The molecule has 0 aliphatic carbocycles. The van der Waals surface area contributed by atoms with E-state index in [9.17, 15) is 9.59 Å². The second-order valence-electron chi connectivity index (χ2n) is 5.93. The molecule has 3 amide bonds. The molecule has 1 N–H and O–H groups in total. The summed E-state index contributed by atoms with van der Waals surface area (Å²) in [5, 5.41) is 2.86. The van der Waals surface area contributed by atoms with Crippen LogP contribution in [0.15, 0.2) is 18.3 Å². The molecule has 24 heavy (non-hydrogen) atoms. The van der Waals surface area contributed by atoms with Crippen LogP contribution in [-0.2, 0) is 9.53 Å². The zero-order valence-corrected chi connectivity index (χ0v) is 13.9. The number of carbonyl (C=O) groups is 2. The minimum absolute atomic E-state index is 0.0537. The fourth-order valence-corrected chi connectivity index (χ4v) is 2.87. The number of anilines is 2. The summed E-state index contributed by atoms with van der Waals surface area (Å²) in [6.45, 7) is 6.90. The van der Waals surface area contributed by atoms with Crippen LogP contribution < -0.4 is 10.2 Å². The van der Waals surface area contributed by atoms with E-state index in [4.69, 9.17) is 4.74 Å². The monoisotopic (exact) mass is 333 g/mol. The number of hydrogen-bond acceptors (Lipinski definition) is 5. The number of ether oxygens (including phenoxy) is 1. The maximum atomic E-state index is 12.3. The van der Waals surface area contributed by atoms with Crippen molar-refractivity contribution in [1.82, 2.24) is 14.8 Å². The first-order valence-corrected chi connectivity index (χ1v) is 8.23. The number of rotatable bonds is 2. The Morgan fingerprint density at radius 3 is 2.29 bits per heavy atom. The molecule has 8 nitrogen and oxygen atoms in total. The fraction of sp³-hybridized carbons (Fsp3) is 0.562. The Kier molecular flexibility index (Phi) is 5.14. The molecular weight excluding hydrogens is 310 g/mol. The van der Waals surface area contributed by atoms with Crippen LogP contribution in [0.3, 0.4) is 0 Å². The number of aromatic nitrogens is 1. The molecule has 2 saturated heterocycles. The number of amides is 3. The summed E-state index contributed by atoms with van der Waals surface area (Å²) in [7, 11) is 0. The Balaban J connectivity index is 1.52. The minimum atomic E-state index is -0.154. The molecule has 2 fully saturated rings. The van der Waals surface area contributed by atoms with Gasteiger partial charge in [0.15, 0.2) is 0 Å². The predicted molar refractivity (Wildman–Crippen MR) is 90.1 cm³/mol. The second-order valence-corrected chi connectivity index (χ2v) is 5.93. The highest BCUT2D eigenvalue weighted by molar-refractivity contribution is 5.89. The number of morpholine rings is 1. The van der Waals surface area contributed by atoms with E-state index in [1.807, 2.05) is 12.1 Å². The van der Waals surface area contributed by atoms with Gasteiger partial charge in [-0.25, -0.2) is 9.78 Å². The van der Waals surface area contributed by atoms with Crippen molar-refractivity contribution in [1.29, 1.82) is 0 Å². The van der Waals surface area contributed by atoms with Crippen LogP contribution >= 0.6 is 0 Å². The van der Waals surface area contributed by atoms with Gasteiger partial charge in [-0.15, -0.1) is 0 Å². The van der Waals surface area contributed by atoms with Crippen LogP contribution in [0.2, 0.25) is 0 Å². The van der Waals surface area contributed by atoms with Gasteiger partial charge < -0.3 is 24.8 Å². The van der Waals surface area contributed by atoms with E-state index in [0.717, 1.165) is 18.9 Å². The van der Waals surface area contributed by atoms with E-state index in [2.05, 4.69) is 15.2 Å². The topological polar surface area (TPSA) is 78.0 Å². The summed E-state index contributed by atoms with van der Waals surface area (Å²) < 4.78 is 5.33. The zero-order chi connectivity index (χ0) is 16.9. The molecule has 2 aliphatic heterocycles. The molecule has 1 aromatic heterocycles. The predicted octanol–water partition coefficient (Wildman–Crippen LogP) is 0.614. The molecule has 1 aromatic rings. The third-order valence-electron chi connectivity index (χ3n) is 4.35. The molecule has 0 bridgehead atoms. The lowest BCUT2D eigenvalue weighted by atomic mass is 10.3. The van der Waals surface area contributed by atoms with Crippen LogP contribution in [0.25, 0.3) is 0 Å². The van der Waals surface area contributed by atoms with Gasteiger partial charge in [-0.2, -0.15) is 0 Å². The molecule has 0 aromatic carbocycles. The molecule has 130 valence electrons. The molecule has 0 unspecified atom stereocenters. The largest absolute Gasteiger partial charge is 0.378 e.